The molecule has 0 aliphatic carbocycles. The molecule has 2 rings (SSSR count). The molecular formula is C21H28N2O3S. The number of sulfone groups is 1. The average molecular weight is 389 g/mol. The zero-order valence-corrected chi connectivity index (χ0v) is 17.0. The van der Waals surface area contributed by atoms with Crippen LogP contribution in [0.4, 0.5) is 0 Å². The zero-order chi connectivity index (χ0) is 19.9. The second-order valence-electron chi connectivity index (χ2n) is 6.26. The number of carbonyl (C=O) groups excluding carboxylic acids is 1. The van der Waals surface area contributed by atoms with E-state index in [-0.39, 0.29) is 28.2 Å². The number of nitrogens with zero attached hydrogens (tertiary/aromatic N) is 1. The largest absolute Gasteiger partial charge is 0.350 e. The molecule has 2 aromatic carbocycles. The average Bonchev–Trinajstić information content (AvgIpc) is 2.71. The molecule has 0 bridgehead atoms. The van der Waals surface area contributed by atoms with Gasteiger partial charge in [0.1, 0.15) is 0 Å². The minimum atomic E-state index is -3.46. The monoisotopic (exact) mass is 388 g/mol. The van der Waals surface area contributed by atoms with Crippen LogP contribution in [0, 0.1) is 0 Å². The molecule has 0 fully saturated rings. The summed E-state index contributed by atoms with van der Waals surface area (Å²) in [6.07, 6.45) is 0. The van der Waals surface area contributed by atoms with Crippen molar-refractivity contribution >= 4 is 15.7 Å². The summed E-state index contributed by atoms with van der Waals surface area (Å²) in [5, 5.41) is 2.94. The summed E-state index contributed by atoms with van der Waals surface area (Å²) in [4.78, 5) is 15.1. The van der Waals surface area contributed by atoms with Gasteiger partial charge in [-0.2, -0.15) is 0 Å². The van der Waals surface area contributed by atoms with E-state index in [0.717, 1.165) is 18.7 Å². The van der Waals surface area contributed by atoms with Gasteiger partial charge < -0.3 is 5.32 Å². The molecule has 5 nitrogen and oxygen atoms in total. The third kappa shape index (κ3) is 5.17. The molecule has 0 aromatic heterocycles. The molecule has 0 radical (unpaired) electrons. The Bertz CT molecular complexity index is 847. The number of amides is 1. The lowest BCUT2D eigenvalue weighted by Crippen LogP contribution is -2.38. The smallest absolute Gasteiger partial charge is 0.252 e. The minimum Gasteiger partial charge on any atom is -0.350 e. The number of benzene rings is 2. The van der Waals surface area contributed by atoms with E-state index in [9.17, 15) is 13.2 Å². The topological polar surface area (TPSA) is 66.5 Å². The summed E-state index contributed by atoms with van der Waals surface area (Å²) < 4.78 is 24.6. The lowest BCUT2D eigenvalue weighted by Gasteiger charge is -2.30. The molecule has 27 heavy (non-hydrogen) atoms. The third-order valence-corrected chi connectivity index (χ3v) is 6.53. The minimum absolute atomic E-state index is 0.0279. The summed E-state index contributed by atoms with van der Waals surface area (Å²) in [6, 6.07) is 16.4. The van der Waals surface area contributed by atoms with Gasteiger partial charge in [0.2, 0.25) is 0 Å². The fraction of sp³-hybridized carbons (Fsp3) is 0.381. The molecule has 0 spiro atoms. The van der Waals surface area contributed by atoms with Crippen molar-refractivity contribution in [3.8, 4) is 0 Å². The standard InChI is InChI=1S/C21H28N2O3S/c1-4-23(5-2)19(17-12-8-7-9-13-17)16-22-21(24)18-14-10-11-15-20(18)27(25,26)6-3/h7-15,19H,4-6,16H2,1-3H3,(H,22,24)/t19-/m0/s1. The van der Waals surface area contributed by atoms with Crippen LogP contribution in [0.2, 0.25) is 0 Å². The second kappa shape index (κ2) is 9.67. The van der Waals surface area contributed by atoms with Gasteiger partial charge in [-0.3, -0.25) is 9.69 Å². The summed E-state index contributed by atoms with van der Waals surface area (Å²) in [6.45, 7) is 7.87. The van der Waals surface area contributed by atoms with Crippen LogP contribution in [0.15, 0.2) is 59.5 Å². The summed E-state index contributed by atoms with van der Waals surface area (Å²) >= 11 is 0. The Balaban J connectivity index is 2.25. The van der Waals surface area contributed by atoms with Crippen molar-refractivity contribution in [2.75, 3.05) is 25.4 Å². The first-order valence-electron chi connectivity index (χ1n) is 9.33. The van der Waals surface area contributed by atoms with Crippen molar-refractivity contribution < 1.29 is 13.2 Å². The number of carbonyl (C=O) groups is 1. The van der Waals surface area contributed by atoms with Gasteiger partial charge in [0, 0.05) is 6.54 Å². The maximum absolute atomic E-state index is 12.8. The first kappa shape index (κ1) is 21.1. The van der Waals surface area contributed by atoms with Crippen LogP contribution in [0.3, 0.4) is 0 Å². The van der Waals surface area contributed by atoms with Crippen LogP contribution in [0.25, 0.3) is 0 Å². The number of hydrogen-bond acceptors (Lipinski definition) is 4. The highest BCUT2D eigenvalue weighted by Crippen LogP contribution is 2.21. The van der Waals surface area contributed by atoms with Crippen molar-refractivity contribution in [3.05, 3.63) is 65.7 Å². The van der Waals surface area contributed by atoms with E-state index in [2.05, 4.69) is 24.1 Å². The van der Waals surface area contributed by atoms with E-state index in [1.54, 1.807) is 25.1 Å². The summed E-state index contributed by atoms with van der Waals surface area (Å²) in [7, 11) is -3.46. The molecule has 0 aliphatic heterocycles. The normalized spacial score (nSPS) is 12.7. The van der Waals surface area contributed by atoms with E-state index < -0.39 is 9.84 Å². The second-order valence-corrected chi connectivity index (χ2v) is 8.50. The van der Waals surface area contributed by atoms with E-state index in [4.69, 9.17) is 0 Å². The predicted octanol–water partition coefficient (Wildman–Crippen LogP) is 3.29. The van der Waals surface area contributed by atoms with Crippen LogP contribution in [-0.4, -0.2) is 44.6 Å². The Labute approximate surface area is 162 Å². The first-order chi connectivity index (χ1) is 12.9. The molecule has 6 heteroatoms. The lowest BCUT2D eigenvalue weighted by molar-refractivity contribution is 0.0931. The van der Waals surface area contributed by atoms with Crippen LogP contribution < -0.4 is 5.32 Å². The third-order valence-electron chi connectivity index (χ3n) is 4.74. The van der Waals surface area contributed by atoms with Crippen LogP contribution in [-0.2, 0) is 9.84 Å². The van der Waals surface area contributed by atoms with E-state index in [1.807, 2.05) is 30.3 Å². The number of rotatable bonds is 9. The maximum atomic E-state index is 12.8. The SMILES string of the molecule is CCN(CC)[C@@H](CNC(=O)c1ccccc1S(=O)(=O)CC)c1ccccc1. The van der Waals surface area contributed by atoms with E-state index >= 15 is 0 Å². The Morgan fingerprint density at radius 1 is 0.963 bits per heavy atom. The van der Waals surface area contributed by atoms with Gasteiger partial charge in [-0.1, -0.05) is 63.2 Å². The van der Waals surface area contributed by atoms with Crippen molar-refractivity contribution in [1.29, 1.82) is 0 Å². The predicted molar refractivity (Wildman–Crippen MR) is 109 cm³/mol. The number of likely N-dealkylation sites (N-methyl/N-ethyl adjacent to an activating group) is 1. The van der Waals surface area contributed by atoms with Crippen molar-refractivity contribution in [3.63, 3.8) is 0 Å². The van der Waals surface area contributed by atoms with Gasteiger partial charge in [-0.05, 0) is 30.8 Å². The maximum Gasteiger partial charge on any atom is 0.252 e. The molecule has 0 unspecified atom stereocenters. The van der Waals surface area contributed by atoms with Crippen LogP contribution in [0.5, 0.6) is 0 Å². The molecule has 2 aromatic rings. The fourth-order valence-electron chi connectivity index (χ4n) is 3.16. The Morgan fingerprint density at radius 3 is 2.15 bits per heavy atom. The first-order valence-corrected chi connectivity index (χ1v) is 11.0. The molecule has 0 saturated carbocycles. The van der Waals surface area contributed by atoms with Crippen molar-refractivity contribution in [2.45, 2.75) is 31.7 Å². The molecule has 0 saturated heterocycles. The molecule has 1 amide bonds. The highest BCUT2D eigenvalue weighted by atomic mass is 32.2. The highest BCUT2D eigenvalue weighted by molar-refractivity contribution is 7.91. The van der Waals surface area contributed by atoms with Crippen molar-refractivity contribution in [2.24, 2.45) is 0 Å². The molecule has 0 aliphatic rings. The van der Waals surface area contributed by atoms with Gasteiger partial charge in [-0.25, -0.2) is 8.42 Å². The molecular weight excluding hydrogens is 360 g/mol. The Hall–Kier alpha value is -2.18. The quantitative estimate of drug-likeness (QED) is 0.716. The van der Waals surface area contributed by atoms with E-state index in [0.29, 0.717) is 6.54 Å². The lowest BCUT2D eigenvalue weighted by atomic mass is 10.0. The molecule has 146 valence electrons. The molecule has 1 N–H and O–H groups in total. The number of nitrogens with one attached hydrogen (secondary N) is 1. The molecule has 0 heterocycles. The van der Waals surface area contributed by atoms with Crippen LogP contribution >= 0.6 is 0 Å². The van der Waals surface area contributed by atoms with Crippen LogP contribution in [0.1, 0.15) is 42.7 Å². The Kier molecular flexibility index (Phi) is 7.56. The fourth-order valence-corrected chi connectivity index (χ4v) is 4.26. The van der Waals surface area contributed by atoms with E-state index in [1.165, 1.54) is 6.07 Å². The van der Waals surface area contributed by atoms with Gasteiger partial charge in [0.05, 0.1) is 22.3 Å². The van der Waals surface area contributed by atoms with Gasteiger partial charge in [0.15, 0.2) is 9.84 Å². The summed E-state index contributed by atoms with van der Waals surface area (Å²) in [5.41, 5.74) is 1.32. The molecule has 1 atom stereocenters. The zero-order valence-electron chi connectivity index (χ0n) is 16.2. The van der Waals surface area contributed by atoms with Gasteiger partial charge in [-0.15, -0.1) is 0 Å². The van der Waals surface area contributed by atoms with Gasteiger partial charge >= 0.3 is 0 Å². The Morgan fingerprint density at radius 2 is 1.56 bits per heavy atom. The summed E-state index contributed by atoms with van der Waals surface area (Å²) in [5.74, 6) is -0.403. The van der Waals surface area contributed by atoms with Gasteiger partial charge in [0.25, 0.3) is 5.91 Å². The highest BCUT2D eigenvalue weighted by Gasteiger charge is 2.23. The van der Waals surface area contributed by atoms with Crippen molar-refractivity contribution in [1.82, 2.24) is 10.2 Å². The number of hydrogen-bond donors (Lipinski definition) is 1.